The van der Waals surface area contributed by atoms with Crippen molar-refractivity contribution in [2.24, 2.45) is 0 Å². The summed E-state index contributed by atoms with van der Waals surface area (Å²) in [5.41, 5.74) is 9.74. The quantitative estimate of drug-likeness (QED) is 0.494. The molecule has 128 valence electrons. The summed E-state index contributed by atoms with van der Waals surface area (Å²) in [5.74, 6) is 0. The molecule has 4 aromatic rings. The van der Waals surface area contributed by atoms with Crippen molar-refractivity contribution in [2.75, 3.05) is 0 Å². The molecule has 0 saturated heterocycles. The Balaban J connectivity index is 1.84. The molecule has 0 atom stereocenters. The van der Waals surface area contributed by atoms with E-state index < -0.39 is 0 Å². The molecule has 0 unspecified atom stereocenters. The SMILES string of the molecule is Cc1cccc(-c2nn3c(c2-c2ccnc4ccc(C)cc24)CCC3)c1. The summed E-state index contributed by atoms with van der Waals surface area (Å²) in [4.78, 5) is 4.58. The highest BCUT2D eigenvalue weighted by atomic mass is 15.3. The highest BCUT2D eigenvalue weighted by Gasteiger charge is 2.25. The van der Waals surface area contributed by atoms with E-state index in [1.165, 1.54) is 45.3 Å². The fourth-order valence-corrected chi connectivity index (χ4v) is 4.09. The van der Waals surface area contributed by atoms with Gasteiger partial charge in [-0.3, -0.25) is 9.67 Å². The Kier molecular flexibility index (Phi) is 3.42. The molecule has 0 amide bonds. The van der Waals surface area contributed by atoms with Gasteiger partial charge in [0.2, 0.25) is 0 Å². The van der Waals surface area contributed by atoms with Gasteiger partial charge in [-0.25, -0.2) is 0 Å². The molecule has 0 spiro atoms. The lowest BCUT2D eigenvalue weighted by atomic mass is 9.94. The highest BCUT2D eigenvalue weighted by Crippen LogP contribution is 2.40. The number of aromatic nitrogens is 3. The Morgan fingerprint density at radius 3 is 2.73 bits per heavy atom. The van der Waals surface area contributed by atoms with Gasteiger partial charge in [0, 0.05) is 34.9 Å². The third-order valence-electron chi connectivity index (χ3n) is 5.30. The van der Waals surface area contributed by atoms with Gasteiger partial charge in [0.25, 0.3) is 0 Å². The van der Waals surface area contributed by atoms with Gasteiger partial charge in [-0.05, 0) is 56.5 Å². The van der Waals surface area contributed by atoms with E-state index in [9.17, 15) is 0 Å². The number of aryl methyl sites for hydroxylation is 3. The fraction of sp³-hybridized carbons (Fsp3) is 0.217. The number of hydrogen-bond acceptors (Lipinski definition) is 2. The third-order valence-corrected chi connectivity index (χ3v) is 5.30. The molecule has 1 aliphatic rings. The lowest BCUT2D eigenvalue weighted by Crippen LogP contribution is -1.94. The normalized spacial score (nSPS) is 13.3. The van der Waals surface area contributed by atoms with Gasteiger partial charge in [0.05, 0.1) is 5.52 Å². The molecular weight excluding hydrogens is 318 g/mol. The Hall–Kier alpha value is -2.94. The van der Waals surface area contributed by atoms with Gasteiger partial charge in [-0.15, -0.1) is 0 Å². The van der Waals surface area contributed by atoms with Crippen LogP contribution < -0.4 is 0 Å². The summed E-state index contributed by atoms with van der Waals surface area (Å²) in [6, 6.07) is 17.3. The topological polar surface area (TPSA) is 30.7 Å². The standard InChI is InChI=1S/C23H21N3/c1-15-5-3-6-17(13-15)23-22(21-7-4-12-26(21)25-23)18-10-11-24-20-9-8-16(2)14-19(18)20/h3,5-6,8-11,13-14H,4,7,12H2,1-2H3. The predicted octanol–water partition coefficient (Wildman–Crippen LogP) is 5.33. The van der Waals surface area contributed by atoms with E-state index in [0.29, 0.717) is 0 Å². The van der Waals surface area contributed by atoms with E-state index in [1.54, 1.807) is 0 Å². The Morgan fingerprint density at radius 1 is 0.962 bits per heavy atom. The van der Waals surface area contributed by atoms with E-state index in [4.69, 9.17) is 5.10 Å². The second-order valence-electron chi connectivity index (χ2n) is 7.25. The molecule has 26 heavy (non-hydrogen) atoms. The molecule has 0 bridgehead atoms. The number of nitrogens with zero attached hydrogens (tertiary/aromatic N) is 3. The molecule has 0 N–H and O–H groups in total. The molecular formula is C23H21N3. The van der Waals surface area contributed by atoms with E-state index in [-0.39, 0.29) is 0 Å². The first-order chi connectivity index (χ1) is 12.7. The van der Waals surface area contributed by atoms with Crippen LogP contribution in [-0.4, -0.2) is 14.8 Å². The van der Waals surface area contributed by atoms with Crippen LogP contribution in [0.1, 0.15) is 23.2 Å². The van der Waals surface area contributed by atoms with Crippen molar-refractivity contribution in [2.45, 2.75) is 33.2 Å². The van der Waals surface area contributed by atoms with E-state index in [0.717, 1.165) is 24.2 Å². The Bertz CT molecular complexity index is 1140. The van der Waals surface area contributed by atoms with Crippen LogP contribution in [0.5, 0.6) is 0 Å². The molecule has 1 aliphatic heterocycles. The van der Waals surface area contributed by atoms with Crippen molar-refractivity contribution >= 4 is 10.9 Å². The van der Waals surface area contributed by atoms with Crippen molar-refractivity contribution in [1.29, 1.82) is 0 Å². The molecule has 3 heteroatoms. The first-order valence-electron chi connectivity index (χ1n) is 9.23. The first kappa shape index (κ1) is 15.3. The smallest absolute Gasteiger partial charge is 0.100 e. The molecule has 3 heterocycles. The van der Waals surface area contributed by atoms with Gasteiger partial charge >= 0.3 is 0 Å². The van der Waals surface area contributed by atoms with Crippen molar-refractivity contribution in [3.63, 3.8) is 0 Å². The van der Waals surface area contributed by atoms with Crippen LogP contribution >= 0.6 is 0 Å². The molecule has 2 aromatic heterocycles. The zero-order chi connectivity index (χ0) is 17.7. The van der Waals surface area contributed by atoms with Crippen LogP contribution in [-0.2, 0) is 13.0 Å². The average Bonchev–Trinajstić information content (AvgIpc) is 3.22. The fourth-order valence-electron chi connectivity index (χ4n) is 4.09. The first-order valence-corrected chi connectivity index (χ1v) is 9.23. The van der Waals surface area contributed by atoms with Crippen LogP contribution in [0, 0.1) is 13.8 Å². The largest absolute Gasteiger partial charge is 0.268 e. The lowest BCUT2D eigenvalue weighted by molar-refractivity contribution is 0.659. The van der Waals surface area contributed by atoms with Gasteiger partial charge < -0.3 is 0 Å². The van der Waals surface area contributed by atoms with Gasteiger partial charge in [-0.2, -0.15) is 5.10 Å². The van der Waals surface area contributed by atoms with E-state index >= 15 is 0 Å². The summed E-state index contributed by atoms with van der Waals surface area (Å²) in [5, 5.41) is 6.22. The summed E-state index contributed by atoms with van der Waals surface area (Å²) >= 11 is 0. The molecule has 0 radical (unpaired) electrons. The number of pyridine rings is 1. The molecule has 2 aromatic carbocycles. The molecule has 0 saturated carbocycles. The zero-order valence-electron chi connectivity index (χ0n) is 15.2. The Labute approximate surface area is 153 Å². The zero-order valence-corrected chi connectivity index (χ0v) is 15.2. The number of rotatable bonds is 2. The van der Waals surface area contributed by atoms with Crippen molar-refractivity contribution in [1.82, 2.24) is 14.8 Å². The van der Waals surface area contributed by atoms with Crippen molar-refractivity contribution in [3.8, 4) is 22.4 Å². The van der Waals surface area contributed by atoms with Crippen LogP contribution in [0.15, 0.2) is 54.7 Å². The third kappa shape index (κ3) is 2.35. The maximum atomic E-state index is 5.00. The summed E-state index contributed by atoms with van der Waals surface area (Å²) in [6.45, 7) is 5.29. The van der Waals surface area contributed by atoms with Crippen molar-refractivity contribution in [3.05, 3.63) is 71.5 Å². The van der Waals surface area contributed by atoms with Crippen LogP contribution in [0.3, 0.4) is 0 Å². The van der Waals surface area contributed by atoms with Gasteiger partial charge in [-0.1, -0.05) is 35.4 Å². The van der Waals surface area contributed by atoms with E-state index in [1.807, 2.05) is 6.20 Å². The van der Waals surface area contributed by atoms with Crippen LogP contribution in [0.25, 0.3) is 33.3 Å². The summed E-state index contributed by atoms with van der Waals surface area (Å²) in [6.07, 6.45) is 4.18. The molecule has 0 aliphatic carbocycles. The summed E-state index contributed by atoms with van der Waals surface area (Å²) in [7, 11) is 0. The van der Waals surface area contributed by atoms with Gasteiger partial charge in [0.15, 0.2) is 0 Å². The maximum absolute atomic E-state index is 5.00. The number of fused-ring (bicyclic) bond motifs is 2. The number of benzene rings is 2. The molecule has 0 fully saturated rings. The van der Waals surface area contributed by atoms with Crippen molar-refractivity contribution < 1.29 is 0 Å². The minimum absolute atomic E-state index is 1.01. The second-order valence-corrected chi connectivity index (χ2v) is 7.25. The monoisotopic (exact) mass is 339 g/mol. The highest BCUT2D eigenvalue weighted by molar-refractivity contribution is 5.99. The minimum Gasteiger partial charge on any atom is -0.268 e. The minimum atomic E-state index is 1.01. The molecule has 5 rings (SSSR count). The van der Waals surface area contributed by atoms with E-state index in [2.05, 4.69) is 72.0 Å². The molecule has 3 nitrogen and oxygen atoms in total. The second kappa shape index (κ2) is 5.80. The number of hydrogen-bond donors (Lipinski definition) is 0. The van der Waals surface area contributed by atoms with Crippen LogP contribution in [0.4, 0.5) is 0 Å². The summed E-state index contributed by atoms with van der Waals surface area (Å²) < 4.78 is 2.20. The predicted molar refractivity (Wildman–Crippen MR) is 106 cm³/mol. The average molecular weight is 339 g/mol. The maximum Gasteiger partial charge on any atom is 0.100 e. The lowest BCUT2D eigenvalue weighted by Gasteiger charge is -2.10. The Morgan fingerprint density at radius 2 is 1.85 bits per heavy atom. The van der Waals surface area contributed by atoms with Crippen LogP contribution in [0.2, 0.25) is 0 Å². The van der Waals surface area contributed by atoms with Gasteiger partial charge in [0.1, 0.15) is 5.69 Å².